The van der Waals surface area contributed by atoms with E-state index in [2.05, 4.69) is 15.2 Å². The molecule has 1 saturated carbocycles. The molecule has 1 N–H and O–H groups in total. The minimum atomic E-state index is -0.422. The second kappa shape index (κ2) is 8.27. The van der Waals surface area contributed by atoms with Gasteiger partial charge in [-0.25, -0.2) is 4.79 Å². The molecule has 0 aromatic carbocycles. The van der Waals surface area contributed by atoms with E-state index in [0.29, 0.717) is 11.3 Å². The number of rotatable bonds is 2. The number of nitrogens with one attached hydrogen (secondary N) is 1. The molecule has 6 heteroatoms. The average molecular weight is 379 g/mol. The van der Waals surface area contributed by atoms with Crippen molar-refractivity contribution in [3.8, 4) is 0 Å². The van der Waals surface area contributed by atoms with Gasteiger partial charge in [-0.1, -0.05) is 12.8 Å². The summed E-state index contributed by atoms with van der Waals surface area (Å²) < 4.78 is 5.49. The molecule has 2 heterocycles. The Bertz CT molecular complexity index is 541. The molecule has 0 atom stereocenters. The van der Waals surface area contributed by atoms with E-state index < -0.39 is 5.60 Å². The van der Waals surface area contributed by atoms with Crippen molar-refractivity contribution in [3.05, 3.63) is 0 Å². The van der Waals surface area contributed by atoms with Gasteiger partial charge in [0, 0.05) is 39.8 Å². The molecule has 0 radical (unpaired) electrons. The number of hydrogen-bond donors (Lipinski definition) is 1. The molecule has 1 aliphatic carbocycles. The summed E-state index contributed by atoms with van der Waals surface area (Å²) in [7, 11) is 1.90. The van der Waals surface area contributed by atoms with Crippen LogP contribution in [0.25, 0.3) is 0 Å². The Balaban J connectivity index is 1.41. The summed E-state index contributed by atoms with van der Waals surface area (Å²) in [5.74, 6) is 1.65. The van der Waals surface area contributed by atoms with Gasteiger partial charge in [-0.2, -0.15) is 0 Å². The number of piperidine rings is 1. The van der Waals surface area contributed by atoms with E-state index in [1.165, 1.54) is 38.6 Å². The van der Waals surface area contributed by atoms with Gasteiger partial charge in [-0.15, -0.1) is 0 Å². The first-order valence-corrected chi connectivity index (χ1v) is 10.7. The van der Waals surface area contributed by atoms with E-state index in [1.54, 1.807) is 0 Å². The largest absolute Gasteiger partial charge is 0.444 e. The van der Waals surface area contributed by atoms with Crippen LogP contribution in [-0.2, 0) is 4.74 Å². The first kappa shape index (κ1) is 20.3. The van der Waals surface area contributed by atoms with Crippen LogP contribution in [0.2, 0.25) is 0 Å². The van der Waals surface area contributed by atoms with Crippen LogP contribution in [-0.4, -0.2) is 67.2 Å². The zero-order valence-corrected chi connectivity index (χ0v) is 17.7. The van der Waals surface area contributed by atoms with Crippen LogP contribution in [0.1, 0.15) is 65.7 Å². The molecule has 0 unspecified atom stereocenters. The SMILES string of the molecule is CN=C(NCC1CCN(C(=O)OC(C)(C)C)CC1)N1CCC2(CCCC2)C1. The fourth-order valence-corrected chi connectivity index (χ4v) is 4.86. The smallest absolute Gasteiger partial charge is 0.410 e. The number of amides is 1. The number of ether oxygens (including phenoxy) is 1. The van der Waals surface area contributed by atoms with Gasteiger partial charge in [0.15, 0.2) is 5.96 Å². The maximum Gasteiger partial charge on any atom is 0.410 e. The van der Waals surface area contributed by atoms with Crippen molar-refractivity contribution in [2.24, 2.45) is 16.3 Å². The Labute approximate surface area is 164 Å². The molecular weight excluding hydrogens is 340 g/mol. The highest BCUT2D eigenvalue weighted by molar-refractivity contribution is 5.80. The number of carbonyl (C=O) groups is 1. The molecule has 2 aliphatic heterocycles. The quantitative estimate of drug-likeness (QED) is 0.590. The third-order valence-electron chi connectivity index (χ3n) is 6.43. The zero-order valence-electron chi connectivity index (χ0n) is 17.7. The number of hydrogen-bond acceptors (Lipinski definition) is 3. The molecule has 3 rings (SSSR count). The van der Waals surface area contributed by atoms with Gasteiger partial charge in [0.2, 0.25) is 0 Å². The van der Waals surface area contributed by atoms with Crippen LogP contribution in [0, 0.1) is 11.3 Å². The van der Waals surface area contributed by atoms with Crippen molar-refractivity contribution in [3.63, 3.8) is 0 Å². The Hall–Kier alpha value is -1.46. The van der Waals surface area contributed by atoms with Crippen molar-refractivity contribution >= 4 is 12.1 Å². The van der Waals surface area contributed by atoms with Crippen molar-refractivity contribution in [1.82, 2.24) is 15.1 Å². The van der Waals surface area contributed by atoms with Crippen LogP contribution < -0.4 is 5.32 Å². The lowest BCUT2D eigenvalue weighted by molar-refractivity contribution is 0.0185. The minimum Gasteiger partial charge on any atom is -0.444 e. The summed E-state index contributed by atoms with van der Waals surface area (Å²) in [4.78, 5) is 21.0. The highest BCUT2D eigenvalue weighted by Crippen LogP contribution is 2.45. The van der Waals surface area contributed by atoms with Gasteiger partial charge < -0.3 is 19.9 Å². The minimum absolute atomic E-state index is 0.177. The van der Waals surface area contributed by atoms with Crippen LogP contribution in [0.15, 0.2) is 4.99 Å². The molecule has 0 bridgehead atoms. The van der Waals surface area contributed by atoms with Crippen LogP contribution in [0.3, 0.4) is 0 Å². The molecule has 6 nitrogen and oxygen atoms in total. The summed E-state index contributed by atoms with van der Waals surface area (Å²) in [6.45, 7) is 10.6. The molecule has 1 amide bonds. The molecule has 3 aliphatic rings. The molecule has 0 aromatic rings. The number of nitrogens with zero attached hydrogens (tertiary/aromatic N) is 3. The second-order valence-corrected chi connectivity index (χ2v) is 9.72. The first-order chi connectivity index (χ1) is 12.8. The normalized spacial score (nSPS) is 23.9. The van der Waals surface area contributed by atoms with Gasteiger partial charge in [-0.3, -0.25) is 4.99 Å². The molecule has 154 valence electrons. The highest BCUT2D eigenvalue weighted by atomic mass is 16.6. The Morgan fingerprint density at radius 1 is 1.11 bits per heavy atom. The molecule has 27 heavy (non-hydrogen) atoms. The lowest BCUT2D eigenvalue weighted by Crippen LogP contribution is -2.46. The van der Waals surface area contributed by atoms with Crippen LogP contribution in [0.4, 0.5) is 4.79 Å². The van der Waals surface area contributed by atoms with E-state index in [4.69, 9.17) is 4.74 Å². The standard InChI is InChI=1S/C21H38N4O2/c1-20(2,3)27-19(26)24-12-7-17(8-13-24)15-23-18(22-4)25-14-11-21(16-25)9-5-6-10-21/h17H,5-16H2,1-4H3,(H,22,23). The van der Waals surface area contributed by atoms with E-state index in [1.807, 2.05) is 32.7 Å². The third kappa shape index (κ3) is 5.29. The summed E-state index contributed by atoms with van der Waals surface area (Å²) in [5, 5.41) is 3.61. The van der Waals surface area contributed by atoms with Crippen molar-refractivity contribution in [1.29, 1.82) is 0 Å². The van der Waals surface area contributed by atoms with E-state index >= 15 is 0 Å². The molecular formula is C21H38N4O2. The van der Waals surface area contributed by atoms with Gasteiger partial charge in [0.25, 0.3) is 0 Å². The van der Waals surface area contributed by atoms with Crippen LogP contribution >= 0.6 is 0 Å². The van der Waals surface area contributed by atoms with Crippen molar-refractivity contribution < 1.29 is 9.53 Å². The second-order valence-electron chi connectivity index (χ2n) is 9.72. The third-order valence-corrected chi connectivity index (χ3v) is 6.43. The maximum atomic E-state index is 12.2. The number of aliphatic imine (C=N–C) groups is 1. The van der Waals surface area contributed by atoms with Crippen molar-refractivity contribution in [2.75, 3.05) is 39.8 Å². The van der Waals surface area contributed by atoms with Gasteiger partial charge in [-0.05, 0) is 64.2 Å². The predicted molar refractivity (Wildman–Crippen MR) is 109 cm³/mol. The number of guanidine groups is 1. The zero-order chi connectivity index (χ0) is 19.5. The Morgan fingerprint density at radius 3 is 2.37 bits per heavy atom. The molecule has 0 aromatic heterocycles. The predicted octanol–water partition coefficient (Wildman–Crippen LogP) is 3.48. The summed E-state index contributed by atoms with van der Waals surface area (Å²) in [5.41, 5.74) is 0.144. The van der Waals surface area contributed by atoms with E-state index in [0.717, 1.165) is 45.0 Å². The summed E-state index contributed by atoms with van der Waals surface area (Å²) >= 11 is 0. The van der Waals surface area contributed by atoms with E-state index in [9.17, 15) is 4.79 Å². The fraction of sp³-hybridized carbons (Fsp3) is 0.905. The first-order valence-electron chi connectivity index (χ1n) is 10.7. The monoisotopic (exact) mass is 378 g/mol. The Morgan fingerprint density at radius 2 is 1.78 bits per heavy atom. The molecule has 1 spiro atoms. The lowest BCUT2D eigenvalue weighted by Gasteiger charge is -2.34. The topological polar surface area (TPSA) is 57.2 Å². The van der Waals surface area contributed by atoms with E-state index in [-0.39, 0.29) is 6.09 Å². The lowest BCUT2D eigenvalue weighted by atomic mass is 9.86. The van der Waals surface area contributed by atoms with Crippen molar-refractivity contribution in [2.45, 2.75) is 71.3 Å². The molecule has 2 saturated heterocycles. The number of likely N-dealkylation sites (tertiary alicyclic amines) is 2. The summed E-state index contributed by atoms with van der Waals surface area (Å²) in [6.07, 6.45) is 8.77. The van der Waals surface area contributed by atoms with Gasteiger partial charge in [0.05, 0.1) is 0 Å². The fourth-order valence-electron chi connectivity index (χ4n) is 4.86. The van der Waals surface area contributed by atoms with Gasteiger partial charge in [0.1, 0.15) is 5.60 Å². The highest BCUT2D eigenvalue weighted by Gasteiger charge is 2.41. The average Bonchev–Trinajstić information content (AvgIpc) is 3.25. The number of carbonyl (C=O) groups excluding carboxylic acids is 1. The molecule has 3 fully saturated rings. The van der Waals surface area contributed by atoms with Crippen LogP contribution in [0.5, 0.6) is 0 Å². The maximum absolute atomic E-state index is 12.2. The van der Waals surface area contributed by atoms with Gasteiger partial charge >= 0.3 is 6.09 Å². The summed E-state index contributed by atoms with van der Waals surface area (Å²) in [6, 6.07) is 0. The Kier molecular flexibility index (Phi) is 6.21.